The van der Waals surface area contributed by atoms with Crippen LogP contribution < -0.4 is 9.47 Å². The van der Waals surface area contributed by atoms with Gasteiger partial charge in [-0.3, -0.25) is 4.98 Å². The Labute approximate surface area is 163 Å². The number of nitrogens with zero attached hydrogens (tertiary/aromatic N) is 4. The number of fused-ring (bicyclic) bond motifs is 1. The van der Waals surface area contributed by atoms with Crippen LogP contribution in [0.25, 0.3) is 17.0 Å². The zero-order valence-electron chi connectivity index (χ0n) is 14.3. The summed E-state index contributed by atoms with van der Waals surface area (Å²) in [5.41, 5.74) is 2.10. The smallest absolute Gasteiger partial charge is 0.387 e. The van der Waals surface area contributed by atoms with E-state index in [4.69, 9.17) is 16.3 Å². The highest BCUT2D eigenvalue weighted by Crippen LogP contribution is 2.26. The number of alkyl halides is 2. The van der Waals surface area contributed by atoms with Crippen molar-refractivity contribution in [2.75, 3.05) is 0 Å². The molecule has 0 N–H and O–H groups in total. The van der Waals surface area contributed by atoms with E-state index >= 15 is 0 Å². The topological polar surface area (TPSA) is 61.5 Å². The molecule has 6 nitrogen and oxygen atoms in total. The van der Waals surface area contributed by atoms with Crippen LogP contribution in [0.15, 0.2) is 60.9 Å². The molecular formula is C19H13ClF2N4O2. The SMILES string of the molecule is FC(F)Oc1ccc(-c2nnc3cncc(OCc4ccc(Cl)cc4)n23)cc1. The summed E-state index contributed by atoms with van der Waals surface area (Å²) >= 11 is 5.90. The van der Waals surface area contributed by atoms with Gasteiger partial charge in [0, 0.05) is 10.6 Å². The molecular weight excluding hydrogens is 390 g/mol. The first-order valence-electron chi connectivity index (χ1n) is 8.22. The summed E-state index contributed by atoms with van der Waals surface area (Å²) in [6.45, 7) is -2.57. The van der Waals surface area contributed by atoms with Gasteiger partial charge in [-0.1, -0.05) is 23.7 Å². The summed E-state index contributed by atoms with van der Waals surface area (Å²) in [4.78, 5) is 4.12. The summed E-state index contributed by atoms with van der Waals surface area (Å²) in [5, 5.41) is 8.91. The van der Waals surface area contributed by atoms with E-state index in [0.717, 1.165) is 5.56 Å². The van der Waals surface area contributed by atoms with E-state index in [2.05, 4.69) is 19.9 Å². The van der Waals surface area contributed by atoms with E-state index in [-0.39, 0.29) is 5.75 Å². The number of benzene rings is 2. The van der Waals surface area contributed by atoms with Crippen LogP contribution in [0.2, 0.25) is 5.02 Å². The fraction of sp³-hybridized carbons (Fsp3) is 0.105. The molecule has 0 aliphatic rings. The Kier molecular flexibility index (Phi) is 5.03. The number of hydrogen-bond donors (Lipinski definition) is 0. The maximum atomic E-state index is 12.3. The number of aromatic nitrogens is 4. The molecule has 2 aromatic carbocycles. The van der Waals surface area contributed by atoms with Gasteiger partial charge in [-0.05, 0) is 42.0 Å². The fourth-order valence-electron chi connectivity index (χ4n) is 2.63. The van der Waals surface area contributed by atoms with Crippen LogP contribution >= 0.6 is 11.6 Å². The molecule has 4 rings (SSSR count). The normalized spacial score (nSPS) is 11.1. The van der Waals surface area contributed by atoms with Crippen molar-refractivity contribution in [3.05, 3.63) is 71.5 Å². The van der Waals surface area contributed by atoms with Crippen LogP contribution in [0.4, 0.5) is 8.78 Å². The average Bonchev–Trinajstić information content (AvgIpc) is 3.12. The lowest BCUT2D eigenvalue weighted by Crippen LogP contribution is -2.03. The van der Waals surface area contributed by atoms with Crippen LogP contribution in [-0.2, 0) is 6.61 Å². The van der Waals surface area contributed by atoms with Crippen molar-refractivity contribution in [3.63, 3.8) is 0 Å². The molecule has 0 aliphatic heterocycles. The Balaban J connectivity index is 1.63. The molecule has 9 heteroatoms. The number of ether oxygens (including phenoxy) is 2. The molecule has 0 fully saturated rings. The summed E-state index contributed by atoms with van der Waals surface area (Å²) in [5.74, 6) is 1.00. The minimum atomic E-state index is -2.88. The lowest BCUT2D eigenvalue weighted by Gasteiger charge is -2.10. The lowest BCUT2D eigenvalue weighted by atomic mass is 10.2. The summed E-state index contributed by atoms with van der Waals surface area (Å²) < 4.78 is 36.6. The summed E-state index contributed by atoms with van der Waals surface area (Å²) in [6.07, 6.45) is 3.12. The van der Waals surface area contributed by atoms with Crippen molar-refractivity contribution in [3.8, 4) is 23.0 Å². The molecule has 2 aromatic heterocycles. The maximum Gasteiger partial charge on any atom is 0.387 e. The highest BCUT2D eigenvalue weighted by atomic mass is 35.5. The molecule has 0 saturated heterocycles. The molecule has 0 atom stereocenters. The molecule has 4 aromatic rings. The van der Waals surface area contributed by atoms with Gasteiger partial charge in [0.15, 0.2) is 11.5 Å². The Bertz CT molecular complexity index is 1090. The predicted octanol–water partition coefficient (Wildman–Crippen LogP) is 4.63. The highest BCUT2D eigenvalue weighted by molar-refractivity contribution is 6.30. The third-order valence-electron chi connectivity index (χ3n) is 3.92. The molecule has 0 unspecified atom stereocenters. The van der Waals surface area contributed by atoms with E-state index in [1.54, 1.807) is 41.1 Å². The van der Waals surface area contributed by atoms with E-state index < -0.39 is 6.61 Å². The monoisotopic (exact) mass is 402 g/mol. The van der Waals surface area contributed by atoms with Gasteiger partial charge in [0.25, 0.3) is 0 Å². The van der Waals surface area contributed by atoms with Crippen molar-refractivity contribution in [2.45, 2.75) is 13.2 Å². The van der Waals surface area contributed by atoms with E-state index in [1.807, 2.05) is 12.1 Å². The van der Waals surface area contributed by atoms with Gasteiger partial charge >= 0.3 is 6.61 Å². The van der Waals surface area contributed by atoms with Crippen LogP contribution in [0.5, 0.6) is 11.6 Å². The second kappa shape index (κ2) is 7.77. The van der Waals surface area contributed by atoms with Gasteiger partial charge in [-0.15, -0.1) is 10.2 Å². The minimum absolute atomic E-state index is 0.0634. The average molecular weight is 403 g/mol. The van der Waals surface area contributed by atoms with Gasteiger partial charge in [0.2, 0.25) is 5.88 Å². The quantitative estimate of drug-likeness (QED) is 0.470. The zero-order chi connectivity index (χ0) is 19.5. The number of halogens is 3. The molecule has 28 heavy (non-hydrogen) atoms. The molecule has 0 amide bonds. The number of hydrogen-bond acceptors (Lipinski definition) is 5. The van der Waals surface area contributed by atoms with Gasteiger partial charge in [0.1, 0.15) is 12.4 Å². The predicted molar refractivity (Wildman–Crippen MR) is 98.6 cm³/mol. The third-order valence-corrected chi connectivity index (χ3v) is 4.17. The van der Waals surface area contributed by atoms with Crippen molar-refractivity contribution in [1.29, 1.82) is 0 Å². The summed E-state index contributed by atoms with van der Waals surface area (Å²) in [6, 6.07) is 13.4. The Morgan fingerprint density at radius 1 is 0.964 bits per heavy atom. The van der Waals surface area contributed by atoms with Crippen LogP contribution in [0.3, 0.4) is 0 Å². The van der Waals surface area contributed by atoms with Gasteiger partial charge in [-0.2, -0.15) is 8.78 Å². The van der Waals surface area contributed by atoms with Gasteiger partial charge < -0.3 is 9.47 Å². The lowest BCUT2D eigenvalue weighted by molar-refractivity contribution is -0.0498. The Hall–Kier alpha value is -3.26. The van der Waals surface area contributed by atoms with E-state index in [1.165, 1.54) is 12.1 Å². The van der Waals surface area contributed by atoms with Gasteiger partial charge in [-0.25, -0.2) is 4.40 Å². The molecule has 2 heterocycles. The fourth-order valence-corrected chi connectivity index (χ4v) is 2.76. The van der Waals surface area contributed by atoms with Crippen molar-refractivity contribution >= 4 is 17.2 Å². The van der Waals surface area contributed by atoms with Crippen LogP contribution in [0, 0.1) is 0 Å². The summed E-state index contributed by atoms with van der Waals surface area (Å²) in [7, 11) is 0. The van der Waals surface area contributed by atoms with E-state index in [0.29, 0.717) is 34.5 Å². The largest absolute Gasteiger partial charge is 0.473 e. The Morgan fingerprint density at radius 2 is 1.71 bits per heavy atom. The van der Waals surface area contributed by atoms with Crippen molar-refractivity contribution in [2.24, 2.45) is 0 Å². The first kappa shape index (κ1) is 18.1. The maximum absolute atomic E-state index is 12.3. The second-order valence-corrected chi connectivity index (χ2v) is 6.22. The number of rotatable bonds is 6. The Morgan fingerprint density at radius 3 is 2.43 bits per heavy atom. The first-order valence-corrected chi connectivity index (χ1v) is 8.59. The van der Waals surface area contributed by atoms with Crippen LogP contribution in [0.1, 0.15) is 5.56 Å². The van der Waals surface area contributed by atoms with Crippen molar-refractivity contribution < 1.29 is 18.3 Å². The highest BCUT2D eigenvalue weighted by Gasteiger charge is 2.14. The molecule has 0 bridgehead atoms. The molecule has 0 radical (unpaired) electrons. The molecule has 0 spiro atoms. The third kappa shape index (κ3) is 3.86. The molecule has 0 saturated carbocycles. The van der Waals surface area contributed by atoms with Crippen molar-refractivity contribution in [1.82, 2.24) is 19.6 Å². The van der Waals surface area contributed by atoms with Gasteiger partial charge in [0.05, 0.1) is 12.4 Å². The standard InChI is InChI=1S/C19H13ClF2N4O2/c20-14-5-1-12(2-6-14)11-27-17-10-23-9-16-24-25-18(26(16)17)13-3-7-15(8-4-13)28-19(21)22/h1-10,19H,11H2. The minimum Gasteiger partial charge on any atom is -0.473 e. The molecule has 142 valence electrons. The van der Waals surface area contributed by atoms with Crippen LogP contribution in [-0.4, -0.2) is 26.2 Å². The first-order chi connectivity index (χ1) is 13.6. The second-order valence-electron chi connectivity index (χ2n) is 5.78. The molecule has 0 aliphatic carbocycles. The van der Waals surface area contributed by atoms with E-state index in [9.17, 15) is 8.78 Å². The zero-order valence-corrected chi connectivity index (χ0v) is 15.1.